The minimum Gasteiger partial charge on any atom is -0.469 e. The minimum absolute atomic E-state index is 0.0557. The van der Waals surface area contributed by atoms with Crippen LogP contribution in [0.5, 0.6) is 0 Å². The summed E-state index contributed by atoms with van der Waals surface area (Å²) in [7, 11) is 1.36. The fourth-order valence-corrected chi connectivity index (χ4v) is 3.19. The summed E-state index contributed by atoms with van der Waals surface area (Å²) in [6, 6.07) is 0. The van der Waals surface area contributed by atoms with Gasteiger partial charge in [-0.3, -0.25) is 9.59 Å². The molecule has 1 amide bonds. The second-order valence-corrected chi connectivity index (χ2v) is 6.30. The molecule has 0 spiro atoms. The van der Waals surface area contributed by atoms with Crippen LogP contribution in [0, 0.1) is 0 Å². The zero-order valence-electron chi connectivity index (χ0n) is 14.1. The standard InChI is InChI=1S/C17H24N2O5/c1-22-16(21)4-2-3-15(20)19-8-5-14-13(11-19)18-17(24-14)12-6-9-23-10-7-12/h12H,2-11H2,1H3. The Kier molecular flexibility index (Phi) is 5.50. The van der Waals surface area contributed by atoms with E-state index in [1.807, 2.05) is 0 Å². The van der Waals surface area contributed by atoms with Gasteiger partial charge in [0.2, 0.25) is 5.91 Å². The average molecular weight is 336 g/mol. The predicted molar refractivity (Wildman–Crippen MR) is 84.3 cm³/mol. The monoisotopic (exact) mass is 336 g/mol. The molecule has 3 rings (SSSR count). The van der Waals surface area contributed by atoms with Gasteiger partial charge in [-0.25, -0.2) is 4.98 Å². The molecule has 7 nitrogen and oxygen atoms in total. The van der Waals surface area contributed by atoms with Gasteiger partial charge in [0.1, 0.15) is 11.5 Å². The third kappa shape index (κ3) is 3.95. The van der Waals surface area contributed by atoms with Gasteiger partial charge in [0.05, 0.1) is 13.7 Å². The Hall–Kier alpha value is -1.89. The molecule has 3 heterocycles. The third-order valence-corrected chi connectivity index (χ3v) is 4.67. The predicted octanol–water partition coefficient (Wildman–Crippen LogP) is 1.80. The van der Waals surface area contributed by atoms with E-state index in [1.54, 1.807) is 4.90 Å². The van der Waals surface area contributed by atoms with Crippen LogP contribution in [-0.2, 0) is 32.0 Å². The largest absolute Gasteiger partial charge is 0.469 e. The van der Waals surface area contributed by atoms with E-state index >= 15 is 0 Å². The molecular formula is C17H24N2O5. The number of amides is 1. The minimum atomic E-state index is -0.277. The maximum atomic E-state index is 12.3. The van der Waals surface area contributed by atoms with E-state index in [0.29, 0.717) is 38.3 Å². The Morgan fingerprint density at radius 1 is 1.29 bits per heavy atom. The Bertz CT molecular complexity index is 592. The molecule has 1 fully saturated rings. The molecule has 2 aliphatic heterocycles. The van der Waals surface area contributed by atoms with E-state index in [1.165, 1.54) is 7.11 Å². The summed E-state index contributed by atoms with van der Waals surface area (Å²) in [5, 5.41) is 0. The molecule has 0 radical (unpaired) electrons. The highest BCUT2D eigenvalue weighted by Gasteiger charge is 2.28. The summed E-state index contributed by atoms with van der Waals surface area (Å²) in [4.78, 5) is 29.8. The molecule has 7 heteroatoms. The number of carbonyl (C=O) groups is 2. The van der Waals surface area contributed by atoms with Crippen molar-refractivity contribution in [2.24, 2.45) is 0 Å². The summed E-state index contributed by atoms with van der Waals surface area (Å²) < 4.78 is 15.9. The van der Waals surface area contributed by atoms with Gasteiger partial charge in [-0.1, -0.05) is 0 Å². The summed E-state index contributed by atoms with van der Waals surface area (Å²) in [5.41, 5.74) is 0.879. The first-order chi connectivity index (χ1) is 11.7. The van der Waals surface area contributed by atoms with E-state index in [4.69, 9.17) is 9.15 Å². The normalized spacial score (nSPS) is 18.3. The molecule has 1 aromatic rings. The molecule has 1 saturated heterocycles. The number of carbonyl (C=O) groups excluding carboxylic acids is 2. The topological polar surface area (TPSA) is 81.9 Å². The van der Waals surface area contributed by atoms with E-state index in [2.05, 4.69) is 9.72 Å². The molecule has 0 N–H and O–H groups in total. The maximum absolute atomic E-state index is 12.3. The number of hydrogen-bond acceptors (Lipinski definition) is 6. The van der Waals surface area contributed by atoms with Gasteiger partial charge < -0.3 is 18.8 Å². The Morgan fingerprint density at radius 3 is 2.83 bits per heavy atom. The van der Waals surface area contributed by atoms with Gasteiger partial charge in [-0.05, 0) is 19.3 Å². The second-order valence-electron chi connectivity index (χ2n) is 6.30. The van der Waals surface area contributed by atoms with Gasteiger partial charge in [0, 0.05) is 44.9 Å². The van der Waals surface area contributed by atoms with Crippen molar-refractivity contribution in [2.75, 3.05) is 26.9 Å². The lowest BCUT2D eigenvalue weighted by molar-refractivity contribution is -0.141. The van der Waals surface area contributed by atoms with Crippen molar-refractivity contribution in [3.63, 3.8) is 0 Å². The Morgan fingerprint density at radius 2 is 2.08 bits per heavy atom. The molecule has 24 heavy (non-hydrogen) atoms. The number of rotatable bonds is 5. The van der Waals surface area contributed by atoms with E-state index in [-0.39, 0.29) is 18.3 Å². The second kappa shape index (κ2) is 7.79. The number of esters is 1. The van der Waals surface area contributed by atoms with Gasteiger partial charge in [0.25, 0.3) is 0 Å². The maximum Gasteiger partial charge on any atom is 0.305 e. The van der Waals surface area contributed by atoms with Crippen LogP contribution in [0.1, 0.15) is 55.4 Å². The molecule has 1 aromatic heterocycles. The average Bonchev–Trinajstić information content (AvgIpc) is 3.05. The van der Waals surface area contributed by atoms with Crippen molar-refractivity contribution in [1.82, 2.24) is 9.88 Å². The van der Waals surface area contributed by atoms with E-state index in [0.717, 1.165) is 43.4 Å². The molecule has 2 aliphatic rings. The first-order valence-corrected chi connectivity index (χ1v) is 8.58. The van der Waals surface area contributed by atoms with Crippen molar-refractivity contribution in [2.45, 2.75) is 51.0 Å². The summed E-state index contributed by atoms with van der Waals surface area (Å²) in [6.07, 6.45) is 3.73. The first-order valence-electron chi connectivity index (χ1n) is 8.58. The lowest BCUT2D eigenvalue weighted by Gasteiger charge is -2.25. The smallest absolute Gasteiger partial charge is 0.305 e. The quantitative estimate of drug-likeness (QED) is 0.763. The SMILES string of the molecule is COC(=O)CCCC(=O)N1CCc2oc(C3CCOCC3)nc2C1. The molecule has 0 atom stereocenters. The van der Waals surface area contributed by atoms with Crippen molar-refractivity contribution >= 4 is 11.9 Å². The van der Waals surface area contributed by atoms with Gasteiger partial charge >= 0.3 is 5.97 Å². The van der Waals surface area contributed by atoms with Crippen molar-refractivity contribution in [3.8, 4) is 0 Å². The number of fused-ring (bicyclic) bond motifs is 1. The highest BCUT2D eigenvalue weighted by atomic mass is 16.5. The van der Waals surface area contributed by atoms with Crippen LogP contribution < -0.4 is 0 Å². The van der Waals surface area contributed by atoms with E-state index < -0.39 is 0 Å². The van der Waals surface area contributed by atoms with Crippen LogP contribution in [0.25, 0.3) is 0 Å². The lowest BCUT2D eigenvalue weighted by Crippen LogP contribution is -2.35. The number of oxazole rings is 1. The van der Waals surface area contributed by atoms with Crippen LogP contribution in [0.3, 0.4) is 0 Å². The fraction of sp³-hybridized carbons (Fsp3) is 0.706. The van der Waals surface area contributed by atoms with Crippen LogP contribution in [-0.4, -0.2) is 48.6 Å². The van der Waals surface area contributed by atoms with Crippen LogP contribution >= 0.6 is 0 Å². The van der Waals surface area contributed by atoms with Crippen LogP contribution in [0.15, 0.2) is 4.42 Å². The number of nitrogens with zero attached hydrogens (tertiary/aromatic N) is 2. The summed E-state index contributed by atoms with van der Waals surface area (Å²) >= 11 is 0. The Labute approximate surface area is 141 Å². The summed E-state index contributed by atoms with van der Waals surface area (Å²) in [5.74, 6) is 1.81. The van der Waals surface area contributed by atoms with Crippen LogP contribution in [0.2, 0.25) is 0 Å². The number of methoxy groups -OCH3 is 1. The van der Waals surface area contributed by atoms with Crippen molar-refractivity contribution in [1.29, 1.82) is 0 Å². The molecule has 132 valence electrons. The molecule has 0 aromatic carbocycles. The number of aromatic nitrogens is 1. The number of hydrogen-bond donors (Lipinski definition) is 0. The highest BCUT2D eigenvalue weighted by molar-refractivity contribution is 5.77. The highest BCUT2D eigenvalue weighted by Crippen LogP contribution is 2.30. The molecular weight excluding hydrogens is 312 g/mol. The van der Waals surface area contributed by atoms with Gasteiger partial charge in [-0.2, -0.15) is 0 Å². The molecule has 0 bridgehead atoms. The van der Waals surface area contributed by atoms with Crippen molar-refractivity contribution in [3.05, 3.63) is 17.3 Å². The zero-order valence-corrected chi connectivity index (χ0v) is 14.1. The third-order valence-electron chi connectivity index (χ3n) is 4.67. The van der Waals surface area contributed by atoms with Crippen molar-refractivity contribution < 1.29 is 23.5 Å². The fourth-order valence-electron chi connectivity index (χ4n) is 3.19. The van der Waals surface area contributed by atoms with E-state index in [9.17, 15) is 9.59 Å². The first kappa shape index (κ1) is 17.0. The summed E-state index contributed by atoms with van der Waals surface area (Å²) in [6.45, 7) is 2.65. The Balaban J connectivity index is 1.55. The lowest BCUT2D eigenvalue weighted by atomic mass is 10.0. The van der Waals surface area contributed by atoms with Gasteiger partial charge in [-0.15, -0.1) is 0 Å². The number of ether oxygens (including phenoxy) is 2. The molecule has 0 aliphatic carbocycles. The molecule has 0 saturated carbocycles. The van der Waals surface area contributed by atoms with Crippen LogP contribution in [0.4, 0.5) is 0 Å². The van der Waals surface area contributed by atoms with Gasteiger partial charge in [0.15, 0.2) is 5.89 Å². The molecule has 0 unspecified atom stereocenters. The zero-order chi connectivity index (χ0) is 16.9.